The Kier molecular flexibility index (Phi) is 8.39. The van der Waals surface area contributed by atoms with E-state index in [1.807, 2.05) is 6.07 Å². The summed E-state index contributed by atoms with van der Waals surface area (Å²) in [5.41, 5.74) is 3.42. The molecule has 28 heavy (non-hydrogen) atoms. The quantitative estimate of drug-likeness (QED) is 0.376. The fourth-order valence-corrected chi connectivity index (χ4v) is 4.25. The lowest BCUT2D eigenvalue weighted by molar-refractivity contribution is 0.290. The molecule has 0 radical (unpaired) electrons. The van der Waals surface area contributed by atoms with Gasteiger partial charge in [0.1, 0.15) is 0 Å². The minimum absolute atomic E-state index is 0.264. The van der Waals surface area contributed by atoms with Gasteiger partial charge in [-0.25, -0.2) is 4.39 Å². The number of unbranched alkanes of at least 4 members (excludes halogenated alkanes) is 5. The monoisotopic (exact) mass is 382 g/mol. The van der Waals surface area contributed by atoms with Gasteiger partial charge in [-0.3, -0.25) is 0 Å². The molecule has 3 rings (SSSR count). The summed E-state index contributed by atoms with van der Waals surface area (Å²) in [5.74, 6) is 0.813. The van der Waals surface area contributed by atoms with E-state index in [0.717, 1.165) is 24.0 Å². The number of benzene rings is 2. The van der Waals surface area contributed by atoms with Gasteiger partial charge in [-0.2, -0.15) is 0 Å². The summed E-state index contributed by atoms with van der Waals surface area (Å²) < 4.78 is 20.1. The average Bonchev–Trinajstić information content (AvgIpc) is 2.75. The van der Waals surface area contributed by atoms with Crippen LogP contribution in [0.2, 0.25) is 0 Å². The maximum absolute atomic E-state index is 14.5. The van der Waals surface area contributed by atoms with Gasteiger partial charge in [-0.05, 0) is 54.0 Å². The van der Waals surface area contributed by atoms with Crippen LogP contribution in [0.5, 0.6) is 5.75 Å². The molecule has 1 aliphatic rings. The van der Waals surface area contributed by atoms with Gasteiger partial charge in [0, 0.05) is 0 Å². The third-order valence-corrected chi connectivity index (χ3v) is 6.01. The van der Waals surface area contributed by atoms with Crippen LogP contribution in [-0.4, -0.2) is 6.61 Å². The van der Waals surface area contributed by atoms with E-state index in [1.54, 1.807) is 12.1 Å². The Morgan fingerprint density at radius 1 is 0.821 bits per heavy atom. The van der Waals surface area contributed by atoms with Crippen molar-refractivity contribution in [3.05, 3.63) is 53.8 Å². The van der Waals surface area contributed by atoms with Crippen LogP contribution in [0.3, 0.4) is 0 Å². The van der Waals surface area contributed by atoms with Crippen molar-refractivity contribution in [2.24, 2.45) is 0 Å². The van der Waals surface area contributed by atoms with E-state index in [-0.39, 0.29) is 5.82 Å². The zero-order valence-electron chi connectivity index (χ0n) is 17.4. The van der Waals surface area contributed by atoms with Crippen molar-refractivity contribution in [1.29, 1.82) is 0 Å². The van der Waals surface area contributed by atoms with Gasteiger partial charge in [0.05, 0.1) is 6.61 Å². The van der Waals surface area contributed by atoms with Crippen molar-refractivity contribution in [3.63, 3.8) is 0 Å². The highest BCUT2D eigenvalue weighted by atomic mass is 19.1. The molecule has 0 aliphatic heterocycles. The van der Waals surface area contributed by atoms with E-state index in [4.69, 9.17) is 4.74 Å². The Hall–Kier alpha value is -1.83. The number of rotatable bonds is 10. The zero-order valence-corrected chi connectivity index (χ0v) is 17.4. The van der Waals surface area contributed by atoms with Crippen LogP contribution < -0.4 is 4.74 Å². The molecule has 1 saturated carbocycles. The van der Waals surface area contributed by atoms with Crippen LogP contribution >= 0.6 is 0 Å². The van der Waals surface area contributed by atoms with E-state index in [1.165, 1.54) is 63.4 Å². The molecule has 0 unspecified atom stereocenters. The Labute approximate surface area is 170 Å². The summed E-state index contributed by atoms with van der Waals surface area (Å²) in [5, 5.41) is 0. The van der Waals surface area contributed by atoms with Crippen LogP contribution in [0, 0.1) is 5.82 Å². The van der Waals surface area contributed by atoms with Crippen LogP contribution in [0.25, 0.3) is 11.1 Å². The van der Waals surface area contributed by atoms with Crippen LogP contribution in [0.15, 0.2) is 42.5 Å². The summed E-state index contributed by atoms with van der Waals surface area (Å²) in [4.78, 5) is 0. The smallest absolute Gasteiger partial charge is 0.165 e. The first-order chi connectivity index (χ1) is 13.8. The molecule has 2 aromatic rings. The lowest BCUT2D eigenvalue weighted by Crippen LogP contribution is -2.04. The predicted molar refractivity (Wildman–Crippen MR) is 117 cm³/mol. The first-order valence-electron chi connectivity index (χ1n) is 11.3. The molecule has 0 bridgehead atoms. The molecule has 1 fully saturated rings. The molecule has 0 amide bonds. The minimum Gasteiger partial charge on any atom is -0.491 e. The van der Waals surface area contributed by atoms with Gasteiger partial charge in [0.25, 0.3) is 0 Å². The highest BCUT2D eigenvalue weighted by molar-refractivity contribution is 5.64. The van der Waals surface area contributed by atoms with Gasteiger partial charge in [-0.1, -0.05) is 88.6 Å². The second-order valence-electron chi connectivity index (χ2n) is 8.22. The average molecular weight is 383 g/mol. The highest BCUT2D eigenvalue weighted by Crippen LogP contribution is 2.34. The third-order valence-electron chi connectivity index (χ3n) is 6.01. The maximum atomic E-state index is 14.5. The molecular weight excluding hydrogens is 347 g/mol. The van der Waals surface area contributed by atoms with E-state index < -0.39 is 0 Å². The number of halogens is 1. The highest BCUT2D eigenvalue weighted by Gasteiger charge is 2.15. The largest absolute Gasteiger partial charge is 0.491 e. The molecular formula is C26H35FO. The van der Waals surface area contributed by atoms with Crippen molar-refractivity contribution in [2.45, 2.75) is 83.5 Å². The SMILES string of the molecule is CCCCCCCCOc1ccc(-c2ccc(C3CCCCC3)cc2)cc1F. The Morgan fingerprint density at radius 3 is 2.21 bits per heavy atom. The second kappa shape index (κ2) is 11.2. The molecule has 0 spiro atoms. The Balaban J connectivity index is 1.51. The molecule has 0 N–H and O–H groups in total. The van der Waals surface area contributed by atoms with E-state index in [2.05, 4.69) is 31.2 Å². The topological polar surface area (TPSA) is 9.23 Å². The van der Waals surface area contributed by atoms with Crippen molar-refractivity contribution < 1.29 is 9.13 Å². The Morgan fingerprint density at radius 2 is 1.50 bits per heavy atom. The zero-order chi connectivity index (χ0) is 19.6. The van der Waals surface area contributed by atoms with E-state index in [0.29, 0.717) is 18.3 Å². The number of hydrogen-bond donors (Lipinski definition) is 0. The minimum atomic E-state index is -0.264. The van der Waals surface area contributed by atoms with E-state index in [9.17, 15) is 4.39 Å². The fourth-order valence-electron chi connectivity index (χ4n) is 4.25. The van der Waals surface area contributed by atoms with Crippen molar-refractivity contribution in [3.8, 4) is 16.9 Å². The Bertz CT molecular complexity index is 701. The van der Waals surface area contributed by atoms with Gasteiger partial charge in [0.15, 0.2) is 11.6 Å². The van der Waals surface area contributed by atoms with Crippen molar-refractivity contribution >= 4 is 0 Å². The van der Waals surface area contributed by atoms with Crippen LogP contribution in [0.1, 0.15) is 89.0 Å². The molecule has 2 heteroatoms. The second-order valence-corrected chi connectivity index (χ2v) is 8.22. The summed E-state index contributed by atoms with van der Waals surface area (Å²) >= 11 is 0. The molecule has 2 aromatic carbocycles. The standard InChI is InChI=1S/C26H35FO/c1-2-3-4-5-6-10-19-28-26-18-17-24(20-25(26)27)23-15-13-22(14-16-23)21-11-8-7-9-12-21/h13-18,20-21H,2-12,19H2,1H3. The first-order valence-corrected chi connectivity index (χ1v) is 11.3. The van der Waals surface area contributed by atoms with Crippen LogP contribution in [-0.2, 0) is 0 Å². The lowest BCUT2D eigenvalue weighted by Gasteiger charge is -2.22. The molecule has 0 atom stereocenters. The number of hydrogen-bond acceptors (Lipinski definition) is 1. The van der Waals surface area contributed by atoms with Crippen molar-refractivity contribution in [2.75, 3.05) is 6.61 Å². The van der Waals surface area contributed by atoms with Crippen molar-refractivity contribution in [1.82, 2.24) is 0 Å². The van der Waals surface area contributed by atoms with Crippen LogP contribution in [0.4, 0.5) is 4.39 Å². The molecule has 0 aromatic heterocycles. The van der Waals surface area contributed by atoms with Gasteiger partial charge < -0.3 is 4.74 Å². The predicted octanol–water partition coefficient (Wildman–Crippen LogP) is 8.28. The van der Waals surface area contributed by atoms with Gasteiger partial charge >= 0.3 is 0 Å². The lowest BCUT2D eigenvalue weighted by atomic mass is 9.84. The summed E-state index contributed by atoms with van der Waals surface area (Å²) in [6, 6.07) is 14.1. The summed E-state index contributed by atoms with van der Waals surface area (Å²) in [6.07, 6.45) is 13.9. The first kappa shape index (κ1) is 20.9. The molecule has 0 heterocycles. The molecule has 1 nitrogen and oxygen atoms in total. The van der Waals surface area contributed by atoms with Gasteiger partial charge in [0.2, 0.25) is 0 Å². The number of ether oxygens (including phenoxy) is 1. The summed E-state index contributed by atoms with van der Waals surface area (Å²) in [7, 11) is 0. The van der Waals surface area contributed by atoms with E-state index >= 15 is 0 Å². The summed E-state index contributed by atoms with van der Waals surface area (Å²) in [6.45, 7) is 2.82. The fraction of sp³-hybridized carbons (Fsp3) is 0.538. The molecule has 1 aliphatic carbocycles. The normalized spacial score (nSPS) is 14.9. The molecule has 152 valence electrons. The molecule has 0 saturated heterocycles. The maximum Gasteiger partial charge on any atom is 0.165 e. The third kappa shape index (κ3) is 6.09. The van der Waals surface area contributed by atoms with Gasteiger partial charge in [-0.15, -0.1) is 0 Å².